The molecule has 2 aromatic rings. The van der Waals surface area contributed by atoms with E-state index in [1.54, 1.807) is 48.5 Å². The van der Waals surface area contributed by atoms with Crippen LogP contribution in [0.2, 0.25) is 0 Å². The first kappa shape index (κ1) is 18.0. The van der Waals surface area contributed by atoms with Crippen LogP contribution in [0.1, 0.15) is 13.8 Å². The summed E-state index contributed by atoms with van der Waals surface area (Å²) in [7, 11) is 0. The SMILES string of the molecule is CC(=O)Nc1cccc(NCC(=O)Nc2cccc(NC(C)=O)c2)c1. The Bertz CT molecular complexity index is 789. The number of anilines is 4. The van der Waals surface area contributed by atoms with E-state index < -0.39 is 0 Å². The average Bonchev–Trinajstić information content (AvgIpc) is 2.52. The van der Waals surface area contributed by atoms with Gasteiger partial charge in [0.05, 0.1) is 6.54 Å². The second kappa shape index (κ2) is 8.49. The number of nitrogens with one attached hydrogen (secondary N) is 4. The van der Waals surface area contributed by atoms with Gasteiger partial charge < -0.3 is 21.3 Å². The van der Waals surface area contributed by atoms with Gasteiger partial charge in [0, 0.05) is 36.6 Å². The minimum atomic E-state index is -0.232. The standard InChI is InChI=1S/C18H20N4O3/c1-12(23)20-15-6-3-5-14(9-15)19-11-18(25)22-17-8-4-7-16(10-17)21-13(2)24/h3-10,19H,11H2,1-2H3,(H,20,23)(H,21,24)(H,22,25). The lowest BCUT2D eigenvalue weighted by Crippen LogP contribution is -2.21. The number of rotatable bonds is 6. The molecule has 7 heteroatoms. The van der Waals surface area contributed by atoms with Crippen molar-refractivity contribution < 1.29 is 14.4 Å². The first-order valence-electron chi connectivity index (χ1n) is 7.71. The molecule has 0 aromatic heterocycles. The highest BCUT2D eigenvalue weighted by atomic mass is 16.2. The topological polar surface area (TPSA) is 99.3 Å². The van der Waals surface area contributed by atoms with Gasteiger partial charge in [-0.2, -0.15) is 0 Å². The zero-order chi connectivity index (χ0) is 18.2. The highest BCUT2D eigenvalue weighted by molar-refractivity contribution is 5.95. The third kappa shape index (κ3) is 6.34. The number of amides is 3. The quantitative estimate of drug-likeness (QED) is 0.649. The molecule has 130 valence electrons. The second-order valence-corrected chi connectivity index (χ2v) is 5.43. The molecule has 4 N–H and O–H groups in total. The van der Waals surface area contributed by atoms with Crippen LogP contribution in [-0.4, -0.2) is 24.3 Å². The van der Waals surface area contributed by atoms with Crippen LogP contribution >= 0.6 is 0 Å². The largest absolute Gasteiger partial charge is 0.376 e. The molecule has 2 rings (SSSR count). The first-order valence-corrected chi connectivity index (χ1v) is 7.71. The maximum atomic E-state index is 12.1. The minimum absolute atomic E-state index is 0.0634. The third-order valence-corrected chi connectivity index (χ3v) is 3.10. The highest BCUT2D eigenvalue weighted by Gasteiger charge is 2.04. The summed E-state index contributed by atoms with van der Waals surface area (Å²) in [5, 5.41) is 11.1. The molecule has 0 fully saturated rings. The van der Waals surface area contributed by atoms with Crippen LogP contribution in [0.3, 0.4) is 0 Å². The summed E-state index contributed by atoms with van der Waals surface area (Å²) in [6.45, 7) is 2.92. The van der Waals surface area contributed by atoms with Crippen molar-refractivity contribution in [3.63, 3.8) is 0 Å². The van der Waals surface area contributed by atoms with Crippen molar-refractivity contribution >= 4 is 40.5 Å². The van der Waals surface area contributed by atoms with Crippen LogP contribution in [0, 0.1) is 0 Å². The molecular weight excluding hydrogens is 320 g/mol. The molecule has 3 amide bonds. The van der Waals surface area contributed by atoms with Gasteiger partial charge in [0.1, 0.15) is 0 Å². The Balaban J connectivity index is 1.90. The Kier molecular flexibility index (Phi) is 6.11. The van der Waals surface area contributed by atoms with Crippen molar-refractivity contribution in [2.75, 3.05) is 27.8 Å². The lowest BCUT2D eigenvalue weighted by molar-refractivity contribution is -0.115. The molecule has 25 heavy (non-hydrogen) atoms. The molecule has 0 spiro atoms. The van der Waals surface area contributed by atoms with Crippen molar-refractivity contribution in [2.45, 2.75) is 13.8 Å². The summed E-state index contributed by atoms with van der Waals surface area (Å²) in [5.74, 6) is -0.567. The van der Waals surface area contributed by atoms with E-state index in [1.807, 2.05) is 0 Å². The summed E-state index contributed by atoms with van der Waals surface area (Å²) >= 11 is 0. The highest BCUT2D eigenvalue weighted by Crippen LogP contribution is 2.16. The number of benzene rings is 2. The molecule has 0 atom stereocenters. The molecule has 0 aliphatic heterocycles. The first-order chi connectivity index (χ1) is 11.9. The van der Waals surface area contributed by atoms with Crippen LogP contribution in [0.4, 0.5) is 22.7 Å². The Morgan fingerprint density at radius 1 is 0.720 bits per heavy atom. The van der Waals surface area contributed by atoms with Crippen LogP contribution < -0.4 is 21.3 Å². The Morgan fingerprint density at radius 3 is 1.68 bits per heavy atom. The van der Waals surface area contributed by atoms with E-state index in [1.165, 1.54) is 13.8 Å². The Labute approximate surface area is 145 Å². The van der Waals surface area contributed by atoms with Gasteiger partial charge in [-0.25, -0.2) is 0 Å². The molecule has 7 nitrogen and oxygen atoms in total. The zero-order valence-electron chi connectivity index (χ0n) is 14.1. The molecule has 0 aliphatic carbocycles. The molecule has 0 bridgehead atoms. The zero-order valence-corrected chi connectivity index (χ0v) is 14.1. The lowest BCUT2D eigenvalue weighted by Gasteiger charge is -2.10. The normalized spacial score (nSPS) is 9.84. The smallest absolute Gasteiger partial charge is 0.243 e. The van der Waals surface area contributed by atoms with Gasteiger partial charge in [0.15, 0.2) is 0 Å². The maximum Gasteiger partial charge on any atom is 0.243 e. The van der Waals surface area contributed by atoms with Gasteiger partial charge in [-0.1, -0.05) is 12.1 Å². The molecule has 0 saturated carbocycles. The van der Waals surface area contributed by atoms with Crippen molar-refractivity contribution in [3.05, 3.63) is 48.5 Å². The summed E-state index contributed by atoms with van der Waals surface area (Å²) < 4.78 is 0. The van der Waals surface area contributed by atoms with Gasteiger partial charge in [0.2, 0.25) is 17.7 Å². The molecule has 2 aromatic carbocycles. The fourth-order valence-electron chi connectivity index (χ4n) is 2.18. The van der Waals surface area contributed by atoms with Gasteiger partial charge in [-0.3, -0.25) is 14.4 Å². The molecule has 0 unspecified atom stereocenters. The monoisotopic (exact) mass is 340 g/mol. The number of carbonyl (C=O) groups excluding carboxylic acids is 3. The van der Waals surface area contributed by atoms with E-state index in [0.29, 0.717) is 22.7 Å². The van der Waals surface area contributed by atoms with Crippen LogP contribution in [0.15, 0.2) is 48.5 Å². The lowest BCUT2D eigenvalue weighted by atomic mass is 10.2. The van der Waals surface area contributed by atoms with E-state index in [0.717, 1.165) is 0 Å². The summed E-state index contributed by atoms with van der Waals surface area (Å²) in [4.78, 5) is 34.2. The fraction of sp³-hybridized carbons (Fsp3) is 0.167. The Morgan fingerprint density at radius 2 is 1.16 bits per heavy atom. The molecule has 0 radical (unpaired) electrons. The van der Waals surface area contributed by atoms with Gasteiger partial charge >= 0.3 is 0 Å². The number of hydrogen-bond donors (Lipinski definition) is 4. The van der Waals surface area contributed by atoms with E-state index in [9.17, 15) is 14.4 Å². The van der Waals surface area contributed by atoms with Crippen LogP contribution in [-0.2, 0) is 14.4 Å². The van der Waals surface area contributed by atoms with E-state index >= 15 is 0 Å². The molecule has 0 heterocycles. The maximum absolute atomic E-state index is 12.1. The van der Waals surface area contributed by atoms with E-state index in [-0.39, 0.29) is 24.3 Å². The van der Waals surface area contributed by atoms with Gasteiger partial charge in [-0.15, -0.1) is 0 Å². The van der Waals surface area contributed by atoms with Crippen molar-refractivity contribution in [1.82, 2.24) is 0 Å². The van der Waals surface area contributed by atoms with Crippen molar-refractivity contribution in [2.24, 2.45) is 0 Å². The summed E-state index contributed by atoms with van der Waals surface area (Å²) in [6, 6.07) is 14.0. The van der Waals surface area contributed by atoms with Crippen molar-refractivity contribution in [1.29, 1.82) is 0 Å². The number of hydrogen-bond acceptors (Lipinski definition) is 4. The average molecular weight is 340 g/mol. The van der Waals surface area contributed by atoms with Crippen molar-refractivity contribution in [3.8, 4) is 0 Å². The predicted molar refractivity (Wildman–Crippen MR) is 98.6 cm³/mol. The Hall–Kier alpha value is -3.35. The summed E-state index contributed by atoms with van der Waals surface area (Å²) in [5.41, 5.74) is 2.57. The van der Waals surface area contributed by atoms with Crippen LogP contribution in [0.25, 0.3) is 0 Å². The van der Waals surface area contributed by atoms with Crippen LogP contribution in [0.5, 0.6) is 0 Å². The van der Waals surface area contributed by atoms with E-state index in [4.69, 9.17) is 0 Å². The minimum Gasteiger partial charge on any atom is -0.376 e. The number of carbonyl (C=O) groups is 3. The second-order valence-electron chi connectivity index (χ2n) is 5.43. The fourth-order valence-corrected chi connectivity index (χ4v) is 2.18. The summed E-state index contributed by atoms with van der Waals surface area (Å²) in [6.07, 6.45) is 0. The predicted octanol–water partition coefficient (Wildman–Crippen LogP) is 2.65. The third-order valence-electron chi connectivity index (χ3n) is 3.10. The van der Waals surface area contributed by atoms with Gasteiger partial charge in [0.25, 0.3) is 0 Å². The molecular formula is C18H20N4O3. The molecule has 0 saturated heterocycles. The molecule has 0 aliphatic rings. The van der Waals surface area contributed by atoms with Gasteiger partial charge in [-0.05, 0) is 36.4 Å². The van der Waals surface area contributed by atoms with E-state index in [2.05, 4.69) is 21.3 Å².